The lowest BCUT2D eigenvalue weighted by Crippen LogP contribution is -2.46. The Morgan fingerprint density at radius 3 is 2.71 bits per heavy atom. The highest BCUT2D eigenvalue weighted by Gasteiger charge is 2.26. The van der Waals surface area contributed by atoms with Gasteiger partial charge in [0.1, 0.15) is 6.61 Å². The first-order chi connectivity index (χ1) is 7.94. The van der Waals surface area contributed by atoms with E-state index in [9.17, 15) is 4.79 Å². The minimum Gasteiger partial charge on any atom is -0.366 e. The maximum absolute atomic E-state index is 12.1. The molecule has 0 radical (unpaired) electrons. The van der Waals surface area contributed by atoms with Crippen molar-refractivity contribution < 1.29 is 9.53 Å². The Kier molecular flexibility index (Phi) is 5.93. The van der Waals surface area contributed by atoms with Crippen molar-refractivity contribution in [2.24, 2.45) is 0 Å². The zero-order chi connectivity index (χ0) is 12.9. The molecule has 0 aliphatic carbocycles. The number of hydrogen-bond donors (Lipinski definition) is 0. The predicted molar refractivity (Wildman–Crippen MR) is 73.5 cm³/mol. The average molecular weight is 306 g/mol. The topological polar surface area (TPSA) is 29.5 Å². The van der Waals surface area contributed by atoms with Crippen molar-refractivity contribution in [3.8, 4) is 0 Å². The van der Waals surface area contributed by atoms with Gasteiger partial charge in [-0.1, -0.05) is 15.9 Å². The van der Waals surface area contributed by atoms with Gasteiger partial charge in [0.15, 0.2) is 0 Å². The van der Waals surface area contributed by atoms with Crippen molar-refractivity contribution in [2.75, 3.05) is 18.5 Å². The molecular weight excluding hydrogens is 282 g/mol. The predicted octanol–water partition coefficient (Wildman–Crippen LogP) is 2.97. The fourth-order valence-electron chi connectivity index (χ4n) is 2.12. The van der Waals surface area contributed by atoms with E-state index >= 15 is 0 Å². The van der Waals surface area contributed by atoms with Crippen LogP contribution in [0.15, 0.2) is 0 Å². The summed E-state index contributed by atoms with van der Waals surface area (Å²) in [7, 11) is 0. The molecule has 0 spiro atoms. The van der Waals surface area contributed by atoms with Gasteiger partial charge in [-0.3, -0.25) is 4.79 Å². The third-order valence-electron chi connectivity index (χ3n) is 3.02. The van der Waals surface area contributed by atoms with E-state index in [1.165, 1.54) is 6.42 Å². The minimum absolute atomic E-state index is 0.144. The Balaban J connectivity index is 2.47. The highest BCUT2D eigenvalue weighted by Crippen LogP contribution is 2.21. The van der Waals surface area contributed by atoms with Crippen LogP contribution in [0, 0.1) is 0 Å². The van der Waals surface area contributed by atoms with E-state index in [2.05, 4.69) is 15.9 Å². The van der Waals surface area contributed by atoms with Crippen LogP contribution in [-0.4, -0.2) is 40.9 Å². The molecule has 0 N–H and O–H groups in total. The monoisotopic (exact) mass is 305 g/mol. The number of alkyl halides is 1. The van der Waals surface area contributed by atoms with E-state index in [0.717, 1.165) is 31.1 Å². The maximum Gasteiger partial charge on any atom is 0.248 e. The van der Waals surface area contributed by atoms with Crippen LogP contribution >= 0.6 is 15.9 Å². The molecule has 0 saturated carbocycles. The van der Waals surface area contributed by atoms with Gasteiger partial charge in [-0.15, -0.1) is 0 Å². The summed E-state index contributed by atoms with van der Waals surface area (Å²) in [5.41, 5.74) is -0.240. The lowest BCUT2D eigenvalue weighted by Gasteiger charge is -2.36. The van der Waals surface area contributed by atoms with Gasteiger partial charge < -0.3 is 9.64 Å². The molecule has 0 aromatic carbocycles. The van der Waals surface area contributed by atoms with E-state index in [0.29, 0.717) is 6.04 Å². The lowest BCUT2D eigenvalue weighted by atomic mass is 10.00. The summed E-state index contributed by atoms with van der Waals surface area (Å²) in [4.78, 5) is 14.1. The Morgan fingerprint density at radius 2 is 2.12 bits per heavy atom. The Bertz CT molecular complexity index is 248. The van der Waals surface area contributed by atoms with Gasteiger partial charge in [0.25, 0.3) is 0 Å². The SMILES string of the molecule is CC(C)(C)OCC(=O)N1CCCCC1CCBr. The van der Waals surface area contributed by atoms with Gasteiger partial charge in [-0.05, 0) is 46.5 Å². The van der Waals surface area contributed by atoms with Crippen molar-refractivity contribution in [3.05, 3.63) is 0 Å². The number of carbonyl (C=O) groups excluding carboxylic acids is 1. The molecule has 1 fully saturated rings. The van der Waals surface area contributed by atoms with Crippen molar-refractivity contribution in [2.45, 2.75) is 58.1 Å². The van der Waals surface area contributed by atoms with E-state index in [1.54, 1.807) is 0 Å². The standard InChI is InChI=1S/C13H24BrNO2/c1-13(2,3)17-10-12(16)15-9-5-4-6-11(15)7-8-14/h11H,4-10H2,1-3H3. The molecule has 4 heteroatoms. The highest BCUT2D eigenvalue weighted by molar-refractivity contribution is 9.09. The first kappa shape index (κ1) is 15.0. The third-order valence-corrected chi connectivity index (χ3v) is 3.48. The van der Waals surface area contributed by atoms with E-state index in [4.69, 9.17) is 4.74 Å². The van der Waals surface area contributed by atoms with Crippen LogP contribution in [-0.2, 0) is 9.53 Å². The van der Waals surface area contributed by atoms with Crippen LogP contribution in [0.25, 0.3) is 0 Å². The minimum atomic E-state index is -0.240. The van der Waals surface area contributed by atoms with Gasteiger partial charge in [-0.25, -0.2) is 0 Å². The number of halogens is 1. The number of carbonyl (C=O) groups is 1. The highest BCUT2D eigenvalue weighted by atomic mass is 79.9. The average Bonchev–Trinajstić information content (AvgIpc) is 2.26. The molecule has 1 saturated heterocycles. The molecule has 1 heterocycles. The number of hydrogen-bond acceptors (Lipinski definition) is 2. The normalized spacial score (nSPS) is 21.6. The largest absolute Gasteiger partial charge is 0.366 e. The van der Waals surface area contributed by atoms with E-state index in [1.807, 2.05) is 25.7 Å². The summed E-state index contributed by atoms with van der Waals surface area (Å²) in [5.74, 6) is 0.144. The van der Waals surface area contributed by atoms with Crippen LogP contribution in [0.4, 0.5) is 0 Å². The molecule has 3 nitrogen and oxygen atoms in total. The molecule has 0 aromatic heterocycles. The van der Waals surface area contributed by atoms with Gasteiger partial charge in [0, 0.05) is 17.9 Å². The summed E-state index contributed by atoms with van der Waals surface area (Å²) in [6.45, 7) is 7.04. The van der Waals surface area contributed by atoms with Crippen LogP contribution in [0.3, 0.4) is 0 Å². The first-order valence-electron chi connectivity index (χ1n) is 6.43. The Labute approximate surface area is 113 Å². The van der Waals surface area contributed by atoms with Crippen LogP contribution in [0.5, 0.6) is 0 Å². The fraction of sp³-hybridized carbons (Fsp3) is 0.923. The van der Waals surface area contributed by atoms with E-state index in [-0.39, 0.29) is 18.1 Å². The van der Waals surface area contributed by atoms with Crippen LogP contribution < -0.4 is 0 Å². The molecule has 1 aliphatic heterocycles. The summed E-state index contributed by atoms with van der Waals surface area (Å²) >= 11 is 3.46. The molecule has 1 atom stereocenters. The second kappa shape index (κ2) is 6.74. The summed E-state index contributed by atoms with van der Waals surface area (Å²) < 4.78 is 5.57. The van der Waals surface area contributed by atoms with Crippen molar-refractivity contribution in [1.82, 2.24) is 4.90 Å². The summed E-state index contributed by atoms with van der Waals surface area (Å²) in [5, 5.41) is 0.960. The molecule has 0 aromatic rings. The molecule has 1 rings (SSSR count). The zero-order valence-electron chi connectivity index (χ0n) is 11.2. The number of likely N-dealkylation sites (tertiary alicyclic amines) is 1. The van der Waals surface area contributed by atoms with Crippen molar-refractivity contribution >= 4 is 21.8 Å². The van der Waals surface area contributed by atoms with E-state index < -0.39 is 0 Å². The second-order valence-corrected chi connectivity index (χ2v) is 6.41. The number of rotatable bonds is 4. The number of piperidine rings is 1. The molecular formula is C13H24BrNO2. The number of ether oxygens (including phenoxy) is 1. The lowest BCUT2D eigenvalue weighted by molar-refractivity contribution is -0.144. The third kappa shape index (κ3) is 5.38. The first-order valence-corrected chi connectivity index (χ1v) is 7.55. The van der Waals surface area contributed by atoms with Gasteiger partial charge >= 0.3 is 0 Å². The molecule has 0 bridgehead atoms. The molecule has 17 heavy (non-hydrogen) atoms. The summed E-state index contributed by atoms with van der Waals surface area (Å²) in [6.07, 6.45) is 4.54. The van der Waals surface area contributed by atoms with Gasteiger partial charge in [0.2, 0.25) is 5.91 Å². The maximum atomic E-state index is 12.1. The molecule has 100 valence electrons. The van der Waals surface area contributed by atoms with Crippen molar-refractivity contribution in [1.29, 1.82) is 0 Å². The summed E-state index contributed by atoms with van der Waals surface area (Å²) in [6, 6.07) is 0.402. The smallest absolute Gasteiger partial charge is 0.248 e. The Morgan fingerprint density at radius 1 is 1.41 bits per heavy atom. The number of nitrogens with zero attached hydrogens (tertiary/aromatic N) is 1. The second-order valence-electron chi connectivity index (χ2n) is 5.62. The molecule has 1 unspecified atom stereocenters. The zero-order valence-corrected chi connectivity index (χ0v) is 12.8. The fourth-order valence-corrected chi connectivity index (χ4v) is 2.64. The quantitative estimate of drug-likeness (QED) is 0.747. The van der Waals surface area contributed by atoms with Crippen LogP contribution in [0.1, 0.15) is 46.5 Å². The molecule has 1 aliphatic rings. The van der Waals surface area contributed by atoms with Gasteiger partial charge in [0.05, 0.1) is 5.60 Å². The number of amides is 1. The van der Waals surface area contributed by atoms with Crippen molar-refractivity contribution in [3.63, 3.8) is 0 Å². The Hall–Kier alpha value is -0.0900. The van der Waals surface area contributed by atoms with Crippen LogP contribution in [0.2, 0.25) is 0 Å². The van der Waals surface area contributed by atoms with Gasteiger partial charge in [-0.2, -0.15) is 0 Å². The molecule has 1 amide bonds.